The van der Waals surface area contributed by atoms with E-state index in [0.717, 1.165) is 0 Å². The number of likely N-dealkylation sites (N-methyl/N-ethyl adjacent to an activating group) is 1. The predicted octanol–water partition coefficient (Wildman–Crippen LogP) is 3.12. The summed E-state index contributed by atoms with van der Waals surface area (Å²) in [5.41, 5.74) is 1.02. The maximum Gasteiger partial charge on any atom is 0.393 e. The Hall–Kier alpha value is -3.45. The van der Waals surface area contributed by atoms with Gasteiger partial charge in [-0.1, -0.05) is 6.07 Å². The summed E-state index contributed by atoms with van der Waals surface area (Å²) in [4.78, 5) is 35.9. The highest BCUT2D eigenvalue weighted by Crippen LogP contribution is 2.39. The van der Waals surface area contributed by atoms with Crippen molar-refractivity contribution in [2.45, 2.75) is 25.6 Å². The smallest absolute Gasteiger partial charge is 0.378 e. The van der Waals surface area contributed by atoms with Gasteiger partial charge in [0.05, 0.1) is 42.1 Å². The molecule has 0 aliphatic carbocycles. The number of hydrogen-bond donors (Lipinski definition) is 2. The van der Waals surface area contributed by atoms with Crippen LogP contribution in [0.1, 0.15) is 13.3 Å². The second-order valence-electron chi connectivity index (χ2n) is 10.9. The van der Waals surface area contributed by atoms with E-state index < -0.39 is 48.6 Å². The van der Waals surface area contributed by atoms with Crippen LogP contribution in [0.15, 0.2) is 30.3 Å². The molecule has 2 amide bonds. The number of morpholine rings is 1. The summed E-state index contributed by atoms with van der Waals surface area (Å²) in [6, 6.07) is 8.13. The van der Waals surface area contributed by atoms with Crippen LogP contribution < -0.4 is 20.4 Å². The molecular weight excluding hydrogens is 544 g/mol. The Balaban J connectivity index is 1.51. The lowest BCUT2D eigenvalue weighted by Crippen LogP contribution is -2.51. The maximum atomic E-state index is 15.8. The highest BCUT2D eigenvalue weighted by molar-refractivity contribution is 5.98. The van der Waals surface area contributed by atoms with E-state index in [2.05, 4.69) is 20.5 Å². The van der Waals surface area contributed by atoms with E-state index >= 15 is 4.39 Å². The molecule has 3 aliphatic rings. The molecule has 0 radical (unpaired) electrons. The number of rotatable bonds is 5. The van der Waals surface area contributed by atoms with Gasteiger partial charge in [0.1, 0.15) is 11.6 Å². The number of hydrogen-bond acceptors (Lipinski definition) is 7. The van der Waals surface area contributed by atoms with E-state index in [1.54, 1.807) is 12.1 Å². The molecule has 4 heterocycles. The van der Waals surface area contributed by atoms with Crippen LogP contribution in [0.25, 0.3) is 11.3 Å². The standard InChI is InChI=1S/C28H34F4N6O3/c1-17-16-38(7-6-36(17)2)24-14-21(29)18(22-4-3-5-25(34-22)37-8-10-41-11-9-37)12-23(24)35-27(40)19-15-33-26(39)13-20(19)28(30,31)32/h3-5,12,14,17,19-20H,6-11,13,15-16H2,1-2H3,(H,33,39)(H,35,40)/t17-,19?,20?/m0/s1. The van der Waals surface area contributed by atoms with Crippen molar-refractivity contribution in [2.24, 2.45) is 11.8 Å². The van der Waals surface area contributed by atoms with Crippen molar-refractivity contribution in [3.05, 3.63) is 36.1 Å². The van der Waals surface area contributed by atoms with Crippen molar-refractivity contribution in [1.82, 2.24) is 15.2 Å². The molecule has 9 nitrogen and oxygen atoms in total. The second-order valence-corrected chi connectivity index (χ2v) is 10.9. The first-order valence-corrected chi connectivity index (χ1v) is 13.7. The first-order valence-electron chi connectivity index (χ1n) is 13.7. The number of anilines is 3. The van der Waals surface area contributed by atoms with E-state index in [4.69, 9.17) is 4.74 Å². The van der Waals surface area contributed by atoms with E-state index in [9.17, 15) is 22.8 Å². The van der Waals surface area contributed by atoms with Crippen LogP contribution in [0, 0.1) is 17.7 Å². The van der Waals surface area contributed by atoms with Gasteiger partial charge in [-0.2, -0.15) is 13.2 Å². The van der Waals surface area contributed by atoms with Crippen molar-refractivity contribution in [3.8, 4) is 11.3 Å². The third kappa shape index (κ3) is 6.40. The van der Waals surface area contributed by atoms with E-state index in [1.807, 2.05) is 29.8 Å². The zero-order chi connectivity index (χ0) is 29.3. The number of piperidine rings is 1. The van der Waals surface area contributed by atoms with Gasteiger partial charge in [0, 0.05) is 57.3 Å². The van der Waals surface area contributed by atoms with Gasteiger partial charge in [0.25, 0.3) is 0 Å². The predicted molar refractivity (Wildman–Crippen MR) is 146 cm³/mol. The van der Waals surface area contributed by atoms with Crippen molar-refractivity contribution >= 4 is 29.0 Å². The normalized spacial score (nSPS) is 24.2. The van der Waals surface area contributed by atoms with Crippen molar-refractivity contribution in [2.75, 3.05) is 74.6 Å². The molecular formula is C28H34F4N6O3. The van der Waals surface area contributed by atoms with E-state index in [0.29, 0.717) is 63.1 Å². The average molecular weight is 579 g/mol. The van der Waals surface area contributed by atoms with Gasteiger partial charge < -0.3 is 30.1 Å². The molecule has 13 heteroatoms. The number of piperazine rings is 1. The summed E-state index contributed by atoms with van der Waals surface area (Å²) in [6.45, 7) is 5.72. The number of ether oxygens (including phenoxy) is 1. The molecule has 5 rings (SSSR count). The SMILES string of the molecule is C[C@H]1CN(c2cc(F)c(-c3cccc(N4CCOCC4)n3)cc2NC(=O)C2CNC(=O)CC2C(F)(F)F)CCN1C. The molecule has 0 bridgehead atoms. The highest BCUT2D eigenvalue weighted by Gasteiger charge is 2.50. The first-order chi connectivity index (χ1) is 19.5. The van der Waals surface area contributed by atoms with E-state index in [1.165, 1.54) is 12.1 Å². The number of alkyl halides is 3. The molecule has 2 N–H and O–H groups in total. The molecule has 3 atom stereocenters. The molecule has 0 spiro atoms. The van der Waals surface area contributed by atoms with Crippen LogP contribution in [-0.4, -0.2) is 93.4 Å². The molecule has 1 aromatic carbocycles. The van der Waals surface area contributed by atoms with Crippen LogP contribution in [0.2, 0.25) is 0 Å². The lowest BCUT2D eigenvalue weighted by atomic mass is 9.84. The summed E-state index contributed by atoms with van der Waals surface area (Å²) in [5, 5.41) is 5.04. The lowest BCUT2D eigenvalue weighted by molar-refractivity contribution is -0.197. The molecule has 222 valence electrons. The van der Waals surface area contributed by atoms with Crippen molar-refractivity contribution in [1.29, 1.82) is 0 Å². The monoisotopic (exact) mass is 578 g/mol. The Bertz CT molecular complexity index is 1290. The zero-order valence-corrected chi connectivity index (χ0v) is 23.0. The van der Waals surface area contributed by atoms with Gasteiger partial charge in [0.15, 0.2) is 0 Å². The Morgan fingerprint density at radius 2 is 1.88 bits per heavy atom. The average Bonchev–Trinajstić information content (AvgIpc) is 2.95. The number of halogens is 4. The fraction of sp³-hybridized carbons (Fsp3) is 0.536. The van der Waals surface area contributed by atoms with Crippen LogP contribution in [0.4, 0.5) is 34.8 Å². The number of amides is 2. The van der Waals surface area contributed by atoms with Gasteiger partial charge in [-0.05, 0) is 38.2 Å². The quantitative estimate of drug-likeness (QED) is 0.527. The Morgan fingerprint density at radius 1 is 1.12 bits per heavy atom. The molecule has 41 heavy (non-hydrogen) atoms. The van der Waals surface area contributed by atoms with Crippen LogP contribution >= 0.6 is 0 Å². The van der Waals surface area contributed by atoms with Gasteiger partial charge in [-0.3, -0.25) is 9.59 Å². The number of carbonyl (C=O) groups is 2. The van der Waals surface area contributed by atoms with Crippen LogP contribution in [0.5, 0.6) is 0 Å². The zero-order valence-electron chi connectivity index (χ0n) is 23.0. The Kier molecular flexibility index (Phi) is 8.37. The number of nitrogens with zero attached hydrogens (tertiary/aromatic N) is 4. The minimum Gasteiger partial charge on any atom is -0.378 e. The van der Waals surface area contributed by atoms with Crippen LogP contribution in [0.3, 0.4) is 0 Å². The fourth-order valence-electron chi connectivity index (χ4n) is 5.55. The first kappa shape index (κ1) is 29.1. The van der Waals surface area contributed by atoms with Crippen molar-refractivity contribution in [3.63, 3.8) is 0 Å². The molecule has 0 saturated carbocycles. The summed E-state index contributed by atoms with van der Waals surface area (Å²) in [7, 11) is 1.98. The second kappa shape index (κ2) is 11.8. The third-order valence-corrected chi connectivity index (χ3v) is 8.16. The van der Waals surface area contributed by atoms with Crippen LogP contribution in [-0.2, 0) is 14.3 Å². The fourth-order valence-corrected chi connectivity index (χ4v) is 5.55. The number of nitrogens with one attached hydrogen (secondary N) is 2. The van der Waals surface area contributed by atoms with Gasteiger partial charge in [-0.25, -0.2) is 9.37 Å². The number of carbonyl (C=O) groups excluding carboxylic acids is 2. The minimum atomic E-state index is -4.73. The Morgan fingerprint density at radius 3 is 2.59 bits per heavy atom. The molecule has 3 aliphatic heterocycles. The van der Waals surface area contributed by atoms with Gasteiger partial charge >= 0.3 is 6.18 Å². The maximum absolute atomic E-state index is 15.8. The summed E-state index contributed by atoms with van der Waals surface area (Å²) >= 11 is 0. The largest absolute Gasteiger partial charge is 0.393 e. The minimum absolute atomic E-state index is 0.116. The summed E-state index contributed by atoms with van der Waals surface area (Å²) in [6.07, 6.45) is -5.55. The molecule has 3 saturated heterocycles. The molecule has 2 aromatic rings. The van der Waals surface area contributed by atoms with E-state index in [-0.39, 0.29) is 17.3 Å². The third-order valence-electron chi connectivity index (χ3n) is 8.16. The molecule has 3 fully saturated rings. The highest BCUT2D eigenvalue weighted by atomic mass is 19.4. The number of benzene rings is 1. The molecule has 1 aromatic heterocycles. The number of aromatic nitrogens is 1. The topological polar surface area (TPSA) is 90.0 Å². The number of pyridine rings is 1. The van der Waals surface area contributed by atoms with Gasteiger partial charge in [-0.15, -0.1) is 0 Å². The van der Waals surface area contributed by atoms with Gasteiger partial charge in [0.2, 0.25) is 11.8 Å². The lowest BCUT2D eigenvalue weighted by Gasteiger charge is -2.40. The van der Waals surface area contributed by atoms with Crippen molar-refractivity contribution < 1.29 is 31.9 Å². The summed E-state index contributed by atoms with van der Waals surface area (Å²) in [5.74, 6) is -5.19. The Labute approximate surface area is 235 Å². The molecule has 2 unspecified atom stereocenters. The summed E-state index contributed by atoms with van der Waals surface area (Å²) < 4.78 is 62.6.